The fourth-order valence-electron chi connectivity index (χ4n) is 3.70. The van der Waals surface area contributed by atoms with Crippen LogP contribution in [0.5, 0.6) is 0 Å². The molecule has 0 aliphatic carbocycles. The average molecular weight is 512 g/mol. The second kappa shape index (κ2) is 10.1. The van der Waals surface area contributed by atoms with Gasteiger partial charge in [0, 0.05) is 28.9 Å². The molecule has 0 saturated carbocycles. The Labute approximate surface area is 208 Å². The maximum absolute atomic E-state index is 12.8. The number of hydrogen-bond acceptors (Lipinski definition) is 8. The zero-order chi connectivity index (χ0) is 25.2. The van der Waals surface area contributed by atoms with Gasteiger partial charge in [0.25, 0.3) is 5.69 Å². The Morgan fingerprint density at radius 2 is 1.77 bits per heavy atom. The average Bonchev–Trinajstić information content (AvgIpc) is 2.86. The summed E-state index contributed by atoms with van der Waals surface area (Å²) in [6.45, 7) is 5.78. The molecule has 35 heavy (non-hydrogen) atoms. The molecule has 3 aromatic carbocycles. The second-order valence-corrected chi connectivity index (χ2v) is 10.8. The Morgan fingerprint density at radius 1 is 1.06 bits per heavy atom. The molecule has 3 aromatic rings. The summed E-state index contributed by atoms with van der Waals surface area (Å²) in [5, 5.41) is 19.4. The minimum absolute atomic E-state index is 0.105. The van der Waals surface area contributed by atoms with Gasteiger partial charge in [-0.15, -0.1) is 0 Å². The van der Waals surface area contributed by atoms with Crippen LogP contribution >= 0.6 is 11.8 Å². The summed E-state index contributed by atoms with van der Waals surface area (Å²) in [5.41, 5.74) is 5.92. The number of sulfonamides is 1. The maximum Gasteiger partial charge on any atom is 0.295 e. The van der Waals surface area contributed by atoms with E-state index in [4.69, 9.17) is 0 Å². The number of hydrogen-bond donors (Lipinski definition) is 2. The molecule has 1 heterocycles. The summed E-state index contributed by atoms with van der Waals surface area (Å²) >= 11 is 1.68. The number of nitro groups is 1. The Balaban J connectivity index is 1.59. The van der Waals surface area contributed by atoms with Crippen LogP contribution in [0.15, 0.2) is 80.5 Å². The van der Waals surface area contributed by atoms with Crippen LogP contribution in [0.1, 0.15) is 26.3 Å². The minimum Gasteiger partial charge on any atom is -0.354 e. The molecular weight excluding hydrogens is 486 g/mol. The number of hydrazone groups is 1. The zero-order valence-electron chi connectivity index (χ0n) is 19.5. The first-order valence-electron chi connectivity index (χ1n) is 11.0. The van der Waals surface area contributed by atoms with Crippen molar-refractivity contribution in [3.05, 3.63) is 76.3 Å². The Bertz CT molecular complexity index is 1420. The molecule has 0 aromatic heterocycles. The molecule has 2 N–H and O–H groups in total. The van der Waals surface area contributed by atoms with Crippen molar-refractivity contribution >= 4 is 50.2 Å². The van der Waals surface area contributed by atoms with E-state index in [0.29, 0.717) is 5.71 Å². The number of fused-ring (bicyclic) bond motifs is 2. The summed E-state index contributed by atoms with van der Waals surface area (Å²) in [5.74, 6) is 0. The van der Waals surface area contributed by atoms with Crippen LogP contribution in [-0.4, -0.2) is 36.4 Å². The highest BCUT2D eigenvalue weighted by molar-refractivity contribution is 7.99. The van der Waals surface area contributed by atoms with E-state index in [2.05, 4.69) is 21.9 Å². The highest BCUT2D eigenvalue weighted by Gasteiger charge is 2.25. The monoisotopic (exact) mass is 511 g/mol. The fourth-order valence-corrected chi connectivity index (χ4v) is 6.15. The quantitative estimate of drug-likeness (QED) is 0.178. The van der Waals surface area contributed by atoms with Crippen LogP contribution in [0, 0.1) is 10.1 Å². The molecule has 0 bridgehead atoms. The van der Waals surface area contributed by atoms with Crippen molar-refractivity contribution in [3.8, 4) is 0 Å². The normalized spacial score (nSPS) is 13.1. The molecule has 9 nitrogen and oxygen atoms in total. The number of nitrogens with one attached hydrogen (secondary N) is 2. The molecule has 0 atom stereocenters. The summed E-state index contributed by atoms with van der Waals surface area (Å²) < 4.78 is 26.8. The zero-order valence-corrected chi connectivity index (χ0v) is 21.1. The van der Waals surface area contributed by atoms with E-state index < -0.39 is 14.9 Å². The van der Waals surface area contributed by atoms with Gasteiger partial charge in [0.05, 0.1) is 26.9 Å². The van der Waals surface area contributed by atoms with Gasteiger partial charge in [-0.1, -0.05) is 43.8 Å². The first-order chi connectivity index (χ1) is 16.7. The van der Waals surface area contributed by atoms with Gasteiger partial charge in [-0.25, -0.2) is 8.42 Å². The van der Waals surface area contributed by atoms with E-state index in [1.165, 1.54) is 16.4 Å². The lowest BCUT2D eigenvalue weighted by Crippen LogP contribution is -2.30. The molecule has 0 saturated heterocycles. The summed E-state index contributed by atoms with van der Waals surface area (Å²) in [4.78, 5) is 13.2. The molecule has 1 aliphatic rings. The maximum atomic E-state index is 12.8. The van der Waals surface area contributed by atoms with Crippen molar-refractivity contribution in [3.63, 3.8) is 0 Å². The number of benzene rings is 3. The lowest BCUT2D eigenvalue weighted by Gasteiger charge is -2.21. The summed E-state index contributed by atoms with van der Waals surface area (Å²) in [6, 6.07) is 17.8. The predicted octanol–water partition coefficient (Wildman–Crippen LogP) is 5.67. The lowest BCUT2D eigenvalue weighted by atomic mass is 10.1. The van der Waals surface area contributed by atoms with E-state index in [9.17, 15) is 18.5 Å². The highest BCUT2D eigenvalue weighted by Crippen LogP contribution is 2.44. The van der Waals surface area contributed by atoms with E-state index in [1.807, 2.05) is 36.4 Å². The topological polar surface area (TPSA) is 117 Å². The molecule has 4 rings (SSSR count). The van der Waals surface area contributed by atoms with Crippen LogP contribution in [0.3, 0.4) is 0 Å². The standard InChI is InChI=1S/C24H25N5O4S2/c1-4-28(5-2)35(32,33)18-11-12-19(22(15-18)29(30)31)27-26-16(3)17-10-13-24-21(14-17)25-20-8-6-7-9-23(20)34-24/h6-15,25,27H,4-5H2,1-3H3. The number of rotatable bonds is 8. The molecule has 0 fully saturated rings. The third-order valence-electron chi connectivity index (χ3n) is 5.63. The van der Waals surface area contributed by atoms with Gasteiger partial charge in [-0.2, -0.15) is 9.41 Å². The Hall–Kier alpha value is -3.41. The van der Waals surface area contributed by atoms with Crippen LogP contribution in [0.4, 0.5) is 22.7 Å². The van der Waals surface area contributed by atoms with Crippen molar-refractivity contribution in [2.45, 2.75) is 35.5 Å². The van der Waals surface area contributed by atoms with Gasteiger partial charge in [0.15, 0.2) is 0 Å². The van der Waals surface area contributed by atoms with E-state index >= 15 is 0 Å². The van der Waals surface area contributed by atoms with Crippen molar-refractivity contribution in [2.75, 3.05) is 23.8 Å². The first-order valence-corrected chi connectivity index (χ1v) is 13.3. The van der Waals surface area contributed by atoms with Crippen LogP contribution in [0.2, 0.25) is 0 Å². The van der Waals surface area contributed by atoms with Gasteiger partial charge < -0.3 is 5.32 Å². The van der Waals surface area contributed by atoms with Crippen LogP contribution in [0.25, 0.3) is 0 Å². The smallest absolute Gasteiger partial charge is 0.295 e. The second-order valence-electron chi connectivity index (χ2n) is 7.77. The van der Waals surface area contributed by atoms with Gasteiger partial charge >= 0.3 is 0 Å². The van der Waals surface area contributed by atoms with Gasteiger partial charge in [0.1, 0.15) is 5.69 Å². The number of nitrogens with zero attached hydrogens (tertiary/aromatic N) is 3. The van der Waals surface area contributed by atoms with Crippen molar-refractivity contribution in [2.24, 2.45) is 5.10 Å². The largest absolute Gasteiger partial charge is 0.354 e. The molecule has 0 radical (unpaired) electrons. The molecule has 1 aliphatic heterocycles. The van der Waals surface area contributed by atoms with Crippen molar-refractivity contribution in [1.29, 1.82) is 0 Å². The Morgan fingerprint density at radius 3 is 2.49 bits per heavy atom. The molecule has 182 valence electrons. The van der Waals surface area contributed by atoms with Crippen LogP contribution in [-0.2, 0) is 10.0 Å². The summed E-state index contributed by atoms with van der Waals surface area (Å²) in [7, 11) is -3.82. The van der Waals surface area contributed by atoms with E-state index in [-0.39, 0.29) is 29.4 Å². The third kappa shape index (κ3) is 5.02. The molecule has 0 amide bonds. The van der Waals surface area contributed by atoms with Crippen molar-refractivity contribution < 1.29 is 13.3 Å². The van der Waals surface area contributed by atoms with E-state index in [0.717, 1.165) is 32.8 Å². The molecule has 0 unspecified atom stereocenters. The number of para-hydroxylation sites is 1. The van der Waals surface area contributed by atoms with Crippen molar-refractivity contribution in [1.82, 2.24) is 4.31 Å². The SMILES string of the molecule is CCN(CC)S(=O)(=O)c1ccc(NN=C(C)c2ccc3c(c2)Nc2ccccc2S3)c([N+](=O)[O-])c1. The van der Waals surface area contributed by atoms with Gasteiger partial charge in [-0.05, 0) is 48.9 Å². The van der Waals surface area contributed by atoms with E-state index in [1.54, 1.807) is 32.5 Å². The Kier molecular flexibility index (Phi) is 7.10. The number of anilines is 3. The summed E-state index contributed by atoms with van der Waals surface area (Å²) in [6.07, 6.45) is 0. The minimum atomic E-state index is -3.82. The van der Waals surface area contributed by atoms with Gasteiger partial charge in [-0.3, -0.25) is 15.5 Å². The van der Waals surface area contributed by atoms with Gasteiger partial charge in [0.2, 0.25) is 10.0 Å². The molecular formula is C24H25N5O4S2. The predicted molar refractivity (Wildman–Crippen MR) is 139 cm³/mol. The van der Waals surface area contributed by atoms with Crippen LogP contribution < -0.4 is 10.7 Å². The third-order valence-corrected chi connectivity index (χ3v) is 8.82. The molecule has 0 spiro atoms. The first kappa shape index (κ1) is 24.7. The fraction of sp³-hybridized carbons (Fsp3) is 0.208. The number of nitro benzene ring substituents is 1. The molecule has 11 heteroatoms. The highest BCUT2D eigenvalue weighted by atomic mass is 32.2. The lowest BCUT2D eigenvalue weighted by molar-refractivity contribution is -0.384.